The van der Waals surface area contributed by atoms with Crippen LogP contribution in [0.25, 0.3) is 16.9 Å². The second-order valence-corrected chi connectivity index (χ2v) is 7.55. The Labute approximate surface area is 193 Å². The first-order valence-corrected chi connectivity index (χ1v) is 10.7. The first-order chi connectivity index (χ1) is 16.3. The molecule has 0 unspecified atom stereocenters. The molecule has 0 fully saturated rings. The van der Waals surface area contributed by atoms with E-state index in [2.05, 4.69) is 20.4 Å². The van der Waals surface area contributed by atoms with Gasteiger partial charge in [-0.25, -0.2) is 14.5 Å². The van der Waals surface area contributed by atoms with Crippen molar-refractivity contribution in [2.45, 2.75) is 32.5 Å². The van der Waals surface area contributed by atoms with E-state index in [0.717, 1.165) is 24.5 Å². The molecule has 0 aliphatic rings. The Balaban J connectivity index is 1.59. The second kappa shape index (κ2) is 9.54. The molecular weight excluding hydrogens is 449 g/mol. The summed E-state index contributed by atoms with van der Waals surface area (Å²) in [6.45, 7) is 3.01. The summed E-state index contributed by atoms with van der Waals surface area (Å²) < 4.78 is 49.1. The number of carbonyl (C=O) groups is 1. The van der Waals surface area contributed by atoms with E-state index in [4.69, 9.17) is 4.74 Å². The van der Waals surface area contributed by atoms with Crippen LogP contribution in [0, 0.1) is 0 Å². The Hall–Kier alpha value is -3.89. The molecule has 34 heavy (non-hydrogen) atoms. The van der Waals surface area contributed by atoms with Crippen molar-refractivity contribution in [3.05, 3.63) is 66.0 Å². The minimum atomic E-state index is -4.69. The fourth-order valence-corrected chi connectivity index (χ4v) is 3.64. The molecule has 11 heteroatoms. The van der Waals surface area contributed by atoms with Gasteiger partial charge >= 0.3 is 6.18 Å². The third kappa shape index (κ3) is 4.73. The lowest BCUT2D eigenvalue weighted by molar-refractivity contribution is -0.142. The van der Waals surface area contributed by atoms with Crippen molar-refractivity contribution < 1.29 is 22.7 Å². The molecule has 4 rings (SSSR count). The summed E-state index contributed by atoms with van der Waals surface area (Å²) in [4.78, 5) is 21.4. The van der Waals surface area contributed by atoms with Gasteiger partial charge in [0.2, 0.25) is 0 Å². The van der Waals surface area contributed by atoms with Crippen LogP contribution in [0.3, 0.4) is 0 Å². The highest BCUT2D eigenvalue weighted by Gasteiger charge is 2.36. The van der Waals surface area contributed by atoms with Gasteiger partial charge in [-0.05, 0) is 36.8 Å². The average molecular weight is 472 g/mol. The van der Waals surface area contributed by atoms with Crippen LogP contribution in [0.2, 0.25) is 0 Å². The number of halogens is 3. The molecule has 0 aliphatic heterocycles. The molecule has 4 aromatic rings. The van der Waals surface area contributed by atoms with Crippen molar-refractivity contribution in [2.24, 2.45) is 0 Å². The summed E-state index contributed by atoms with van der Waals surface area (Å²) in [5, 5.41) is 6.55. The fourth-order valence-electron chi connectivity index (χ4n) is 3.64. The molecule has 178 valence electrons. The number of imidazole rings is 1. The standard InChI is InChI=1S/C23H23F3N6O2/c1-3-20-27-10-12-31(20)11-4-9-28-22(33)17-14-29-32-19(23(24,25)26)13-18(30-21(17)32)15-5-7-16(34-2)8-6-15/h5-8,10,12-14H,3-4,9,11H2,1-2H3,(H,28,33). The minimum Gasteiger partial charge on any atom is -0.497 e. The Bertz CT molecular complexity index is 1290. The lowest BCUT2D eigenvalue weighted by Gasteiger charge is -2.12. The van der Waals surface area contributed by atoms with E-state index >= 15 is 0 Å². The van der Waals surface area contributed by atoms with Crippen LogP contribution in [0.4, 0.5) is 13.2 Å². The van der Waals surface area contributed by atoms with Gasteiger partial charge in [-0.3, -0.25) is 4.79 Å². The maximum Gasteiger partial charge on any atom is 0.433 e. The molecule has 1 amide bonds. The first kappa shape index (κ1) is 23.3. The molecule has 1 aromatic carbocycles. The van der Waals surface area contributed by atoms with E-state index in [1.54, 1.807) is 30.5 Å². The van der Waals surface area contributed by atoms with E-state index in [0.29, 0.717) is 35.3 Å². The van der Waals surface area contributed by atoms with Gasteiger partial charge in [0.15, 0.2) is 11.3 Å². The summed E-state index contributed by atoms with van der Waals surface area (Å²) in [6, 6.07) is 7.38. The van der Waals surface area contributed by atoms with Gasteiger partial charge in [-0.15, -0.1) is 0 Å². The van der Waals surface area contributed by atoms with E-state index in [1.807, 2.05) is 17.7 Å². The number of carbonyl (C=O) groups excluding carboxylic acids is 1. The molecule has 0 aliphatic carbocycles. The number of aromatic nitrogens is 5. The molecule has 0 radical (unpaired) electrons. The summed E-state index contributed by atoms with van der Waals surface area (Å²) in [7, 11) is 1.50. The highest BCUT2D eigenvalue weighted by atomic mass is 19.4. The quantitative estimate of drug-likeness (QED) is 0.392. The number of alkyl halides is 3. The number of hydrogen-bond acceptors (Lipinski definition) is 5. The number of hydrogen-bond donors (Lipinski definition) is 1. The van der Waals surface area contributed by atoms with E-state index < -0.39 is 17.8 Å². The lowest BCUT2D eigenvalue weighted by atomic mass is 10.1. The van der Waals surface area contributed by atoms with Crippen molar-refractivity contribution >= 4 is 11.6 Å². The van der Waals surface area contributed by atoms with Crippen molar-refractivity contribution in [2.75, 3.05) is 13.7 Å². The van der Waals surface area contributed by atoms with Crippen LogP contribution < -0.4 is 10.1 Å². The average Bonchev–Trinajstić information content (AvgIpc) is 3.47. The maximum atomic E-state index is 13.8. The normalized spacial score (nSPS) is 11.7. The summed E-state index contributed by atoms with van der Waals surface area (Å²) >= 11 is 0. The first-order valence-electron chi connectivity index (χ1n) is 10.7. The van der Waals surface area contributed by atoms with Crippen molar-refractivity contribution in [1.82, 2.24) is 29.5 Å². The van der Waals surface area contributed by atoms with Gasteiger partial charge in [-0.1, -0.05) is 6.92 Å². The van der Waals surface area contributed by atoms with Gasteiger partial charge in [0.1, 0.15) is 17.1 Å². The number of nitrogens with zero attached hydrogens (tertiary/aromatic N) is 5. The Morgan fingerprint density at radius 1 is 1.21 bits per heavy atom. The topological polar surface area (TPSA) is 86.3 Å². The van der Waals surface area contributed by atoms with Crippen LogP contribution in [0.5, 0.6) is 5.75 Å². The van der Waals surface area contributed by atoms with Crippen LogP contribution in [-0.4, -0.2) is 43.7 Å². The molecule has 0 bridgehead atoms. The number of benzene rings is 1. The SMILES string of the molecule is CCc1nccn1CCCNC(=O)c1cnn2c(C(F)(F)F)cc(-c3ccc(OC)cc3)nc12. The molecule has 3 heterocycles. The van der Waals surface area contributed by atoms with Gasteiger partial charge < -0.3 is 14.6 Å². The fraction of sp³-hybridized carbons (Fsp3) is 0.304. The predicted octanol–water partition coefficient (Wildman–Crippen LogP) is 4.00. The predicted molar refractivity (Wildman–Crippen MR) is 119 cm³/mol. The summed E-state index contributed by atoms with van der Waals surface area (Å²) in [5.41, 5.74) is -0.689. The highest BCUT2D eigenvalue weighted by molar-refractivity contribution is 5.99. The number of amides is 1. The molecule has 8 nitrogen and oxygen atoms in total. The summed E-state index contributed by atoms with van der Waals surface area (Å²) in [5.74, 6) is 0.972. The second-order valence-electron chi connectivity index (χ2n) is 7.55. The number of ether oxygens (including phenoxy) is 1. The van der Waals surface area contributed by atoms with Gasteiger partial charge in [0.05, 0.1) is 19.0 Å². The van der Waals surface area contributed by atoms with Crippen LogP contribution in [0.15, 0.2) is 48.9 Å². The molecule has 0 atom stereocenters. The molecule has 3 aromatic heterocycles. The van der Waals surface area contributed by atoms with Crippen LogP contribution in [0.1, 0.15) is 35.2 Å². The smallest absolute Gasteiger partial charge is 0.433 e. The molecule has 0 saturated carbocycles. The number of nitrogens with one attached hydrogen (secondary N) is 1. The number of fused-ring (bicyclic) bond motifs is 1. The van der Waals surface area contributed by atoms with Crippen molar-refractivity contribution in [3.8, 4) is 17.0 Å². The Morgan fingerprint density at radius 3 is 2.65 bits per heavy atom. The van der Waals surface area contributed by atoms with E-state index in [-0.39, 0.29) is 16.9 Å². The van der Waals surface area contributed by atoms with Crippen LogP contribution in [-0.2, 0) is 19.1 Å². The number of rotatable bonds is 8. The molecular formula is C23H23F3N6O2. The van der Waals surface area contributed by atoms with E-state index in [1.165, 1.54) is 7.11 Å². The zero-order chi connectivity index (χ0) is 24.3. The highest BCUT2D eigenvalue weighted by Crippen LogP contribution is 2.33. The van der Waals surface area contributed by atoms with Gasteiger partial charge in [0, 0.05) is 37.5 Å². The molecule has 0 saturated heterocycles. The molecule has 0 spiro atoms. The van der Waals surface area contributed by atoms with Crippen LogP contribution >= 0.6 is 0 Å². The monoisotopic (exact) mass is 472 g/mol. The third-order valence-corrected chi connectivity index (χ3v) is 5.37. The zero-order valence-corrected chi connectivity index (χ0v) is 18.6. The van der Waals surface area contributed by atoms with E-state index in [9.17, 15) is 18.0 Å². The van der Waals surface area contributed by atoms with Crippen molar-refractivity contribution in [3.63, 3.8) is 0 Å². The van der Waals surface area contributed by atoms with Gasteiger partial charge in [-0.2, -0.15) is 18.3 Å². The maximum absolute atomic E-state index is 13.8. The summed E-state index contributed by atoms with van der Waals surface area (Å²) in [6.07, 6.45) is 1.44. The zero-order valence-electron chi connectivity index (χ0n) is 18.6. The van der Waals surface area contributed by atoms with Gasteiger partial charge in [0.25, 0.3) is 5.91 Å². The Morgan fingerprint density at radius 2 is 1.97 bits per heavy atom. The number of methoxy groups -OCH3 is 1. The van der Waals surface area contributed by atoms with Crippen molar-refractivity contribution in [1.29, 1.82) is 0 Å². The molecule has 1 N–H and O–H groups in total. The largest absolute Gasteiger partial charge is 0.497 e. The number of aryl methyl sites for hydroxylation is 2. The third-order valence-electron chi connectivity index (χ3n) is 5.37. The Kier molecular flexibility index (Phi) is 6.53. The lowest BCUT2D eigenvalue weighted by Crippen LogP contribution is -2.25. The minimum absolute atomic E-state index is 0.0299.